The third-order valence-corrected chi connectivity index (χ3v) is 5.46. The molecular formula is C25H30N4O7S. The largest absolute Gasteiger partial charge is 0.480 e. The van der Waals surface area contributed by atoms with Gasteiger partial charge in [-0.1, -0.05) is 60.7 Å². The van der Waals surface area contributed by atoms with E-state index in [0.29, 0.717) is 0 Å². The van der Waals surface area contributed by atoms with E-state index in [2.05, 4.69) is 33.9 Å². The average molecular weight is 531 g/mol. The van der Waals surface area contributed by atoms with Gasteiger partial charge in [0.1, 0.15) is 24.7 Å². The van der Waals surface area contributed by atoms with Crippen molar-refractivity contribution in [1.29, 1.82) is 0 Å². The maximum Gasteiger partial charge on any atom is 0.408 e. The predicted octanol–water partition coefficient (Wildman–Crippen LogP) is 0.644. The molecule has 5 N–H and O–H groups in total. The van der Waals surface area contributed by atoms with Crippen molar-refractivity contribution in [3.63, 3.8) is 0 Å². The quantitative estimate of drug-likeness (QED) is 0.207. The summed E-state index contributed by atoms with van der Waals surface area (Å²) in [5, 5.41) is 18.9. The predicted molar refractivity (Wildman–Crippen MR) is 138 cm³/mol. The SMILES string of the molecule is C[C@H](NC(=O)CNC(=O)[C@H](CS)NC(=O)OCc1ccccc1)C(=O)N[C@@H](Cc1ccccc1)C(=O)O. The fraction of sp³-hybridized carbons (Fsp3) is 0.320. The number of alkyl carbamates (subject to hydrolysis) is 1. The molecule has 2 aromatic carbocycles. The van der Waals surface area contributed by atoms with E-state index < -0.39 is 54.5 Å². The molecule has 0 radical (unpaired) electrons. The molecular weight excluding hydrogens is 500 g/mol. The van der Waals surface area contributed by atoms with Gasteiger partial charge in [0.15, 0.2) is 0 Å². The number of amides is 4. The first kappa shape index (κ1) is 29.2. The molecule has 0 aliphatic carbocycles. The van der Waals surface area contributed by atoms with Crippen LogP contribution >= 0.6 is 12.6 Å². The van der Waals surface area contributed by atoms with Crippen LogP contribution in [0.3, 0.4) is 0 Å². The zero-order valence-corrected chi connectivity index (χ0v) is 21.1. The standard InChI is InChI=1S/C25H30N4O7S/c1-16(22(31)28-19(24(33)34)12-17-8-4-2-5-9-17)27-21(30)13-26-23(32)20(15-37)29-25(35)36-14-18-10-6-3-7-11-18/h2-11,16,19-20,37H,12-15H2,1H3,(H,26,32)(H,27,30)(H,28,31)(H,29,35)(H,33,34)/t16-,19-,20-/m0/s1. The maximum absolute atomic E-state index is 12.4. The Kier molecular flexibility index (Phi) is 11.9. The molecule has 0 heterocycles. The molecule has 0 saturated carbocycles. The normalized spacial score (nSPS) is 12.8. The van der Waals surface area contributed by atoms with Crippen molar-refractivity contribution in [3.05, 3.63) is 71.8 Å². The molecule has 198 valence electrons. The topological polar surface area (TPSA) is 163 Å². The molecule has 0 saturated heterocycles. The molecule has 4 amide bonds. The number of nitrogens with one attached hydrogen (secondary N) is 4. The van der Waals surface area contributed by atoms with E-state index in [1.807, 2.05) is 6.07 Å². The monoisotopic (exact) mass is 530 g/mol. The van der Waals surface area contributed by atoms with Crippen LogP contribution in [0.1, 0.15) is 18.1 Å². The van der Waals surface area contributed by atoms with E-state index >= 15 is 0 Å². The Hall–Kier alpha value is -4.06. The Labute approximate surface area is 219 Å². The number of rotatable bonds is 13. The van der Waals surface area contributed by atoms with Gasteiger partial charge in [-0.05, 0) is 18.1 Å². The fourth-order valence-electron chi connectivity index (χ4n) is 3.10. The second kappa shape index (κ2) is 15.1. The molecule has 0 unspecified atom stereocenters. The highest BCUT2D eigenvalue weighted by molar-refractivity contribution is 7.80. The summed E-state index contributed by atoms with van der Waals surface area (Å²) < 4.78 is 5.07. The minimum atomic E-state index is -1.21. The van der Waals surface area contributed by atoms with E-state index in [9.17, 15) is 29.1 Å². The third-order valence-electron chi connectivity index (χ3n) is 5.10. The first-order valence-electron chi connectivity index (χ1n) is 11.4. The van der Waals surface area contributed by atoms with Gasteiger partial charge < -0.3 is 31.1 Å². The van der Waals surface area contributed by atoms with Gasteiger partial charge in [0.2, 0.25) is 17.7 Å². The summed E-state index contributed by atoms with van der Waals surface area (Å²) >= 11 is 4.05. The summed E-state index contributed by atoms with van der Waals surface area (Å²) in [6, 6.07) is 14.5. The van der Waals surface area contributed by atoms with Crippen LogP contribution in [0.4, 0.5) is 4.79 Å². The number of carboxylic acid groups (broad SMARTS) is 1. The Bertz CT molecular complexity index is 1070. The van der Waals surface area contributed by atoms with Crippen molar-refractivity contribution >= 4 is 42.4 Å². The van der Waals surface area contributed by atoms with Crippen LogP contribution in [0.5, 0.6) is 0 Å². The number of carbonyl (C=O) groups excluding carboxylic acids is 4. The molecule has 0 aromatic heterocycles. The second-order valence-electron chi connectivity index (χ2n) is 8.04. The van der Waals surface area contributed by atoms with Crippen LogP contribution in [0.15, 0.2) is 60.7 Å². The van der Waals surface area contributed by atoms with Gasteiger partial charge >= 0.3 is 12.1 Å². The molecule has 0 bridgehead atoms. The Morgan fingerprint density at radius 3 is 2.00 bits per heavy atom. The van der Waals surface area contributed by atoms with Crippen molar-refractivity contribution < 1.29 is 33.8 Å². The first-order valence-corrected chi connectivity index (χ1v) is 12.0. The van der Waals surface area contributed by atoms with Crippen LogP contribution in [-0.2, 0) is 36.9 Å². The van der Waals surface area contributed by atoms with Crippen LogP contribution in [-0.4, -0.2) is 65.3 Å². The highest BCUT2D eigenvalue weighted by Crippen LogP contribution is 2.04. The fourth-order valence-corrected chi connectivity index (χ4v) is 3.35. The molecule has 2 aromatic rings. The summed E-state index contributed by atoms with van der Waals surface area (Å²) in [4.78, 5) is 60.5. The zero-order valence-electron chi connectivity index (χ0n) is 20.2. The van der Waals surface area contributed by atoms with E-state index in [-0.39, 0.29) is 18.8 Å². The molecule has 0 spiro atoms. The van der Waals surface area contributed by atoms with Crippen molar-refractivity contribution in [1.82, 2.24) is 21.3 Å². The molecule has 0 aliphatic rings. The molecule has 0 aliphatic heterocycles. The van der Waals surface area contributed by atoms with E-state index in [1.54, 1.807) is 54.6 Å². The number of carboxylic acids is 1. The smallest absolute Gasteiger partial charge is 0.408 e. The highest BCUT2D eigenvalue weighted by Gasteiger charge is 2.25. The number of aliphatic carboxylic acids is 1. The third kappa shape index (κ3) is 10.6. The molecule has 11 nitrogen and oxygen atoms in total. The molecule has 37 heavy (non-hydrogen) atoms. The van der Waals surface area contributed by atoms with Crippen LogP contribution < -0.4 is 21.3 Å². The van der Waals surface area contributed by atoms with Crippen LogP contribution in [0, 0.1) is 0 Å². The number of thiol groups is 1. The Morgan fingerprint density at radius 1 is 0.838 bits per heavy atom. The second-order valence-corrected chi connectivity index (χ2v) is 8.40. The van der Waals surface area contributed by atoms with Gasteiger partial charge in [-0.2, -0.15) is 12.6 Å². The number of ether oxygens (including phenoxy) is 1. The minimum absolute atomic E-state index is 0.0179. The lowest BCUT2D eigenvalue weighted by molar-refractivity contribution is -0.142. The van der Waals surface area contributed by atoms with Crippen molar-refractivity contribution in [2.45, 2.75) is 38.1 Å². The van der Waals surface area contributed by atoms with Gasteiger partial charge in [0.25, 0.3) is 0 Å². The summed E-state index contributed by atoms with van der Waals surface area (Å²) in [5.74, 6) is -3.32. The summed E-state index contributed by atoms with van der Waals surface area (Å²) in [7, 11) is 0. The summed E-state index contributed by atoms with van der Waals surface area (Å²) in [6.07, 6.45) is -0.749. The van der Waals surface area contributed by atoms with Crippen LogP contribution in [0.2, 0.25) is 0 Å². The van der Waals surface area contributed by atoms with Crippen LogP contribution in [0.25, 0.3) is 0 Å². The molecule has 2 rings (SSSR count). The highest BCUT2D eigenvalue weighted by atomic mass is 32.1. The van der Waals surface area contributed by atoms with Gasteiger partial charge in [0.05, 0.1) is 6.54 Å². The summed E-state index contributed by atoms with van der Waals surface area (Å²) in [6.45, 7) is 0.926. The lowest BCUT2D eigenvalue weighted by Crippen LogP contribution is -2.53. The zero-order chi connectivity index (χ0) is 27.2. The van der Waals surface area contributed by atoms with E-state index in [1.165, 1.54) is 6.92 Å². The molecule has 0 fully saturated rings. The van der Waals surface area contributed by atoms with Crippen molar-refractivity contribution in [2.24, 2.45) is 0 Å². The van der Waals surface area contributed by atoms with Gasteiger partial charge in [-0.3, -0.25) is 14.4 Å². The van der Waals surface area contributed by atoms with E-state index in [4.69, 9.17) is 4.74 Å². The van der Waals surface area contributed by atoms with Gasteiger partial charge in [0, 0.05) is 12.2 Å². The Balaban J connectivity index is 1.76. The van der Waals surface area contributed by atoms with Crippen molar-refractivity contribution in [2.75, 3.05) is 12.3 Å². The Morgan fingerprint density at radius 2 is 1.43 bits per heavy atom. The van der Waals surface area contributed by atoms with Crippen molar-refractivity contribution in [3.8, 4) is 0 Å². The lowest BCUT2D eigenvalue weighted by atomic mass is 10.1. The lowest BCUT2D eigenvalue weighted by Gasteiger charge is -2.19. The number of benzene rings is 2. The number of hydrogen-bond acceptors (Lipinski definition) is 7. The van der Waals surface area contributed by atoms with E-state index in [0.717, 1.165) is 11.1 Å². The van der Waals surface area contributed by atoms with Gasteiger partial charge in [-0.15, -0.1) is 0 Å². The first-order chi connectivity index (χ1) is 17.7. The van der Waals surface area contributed by atoms with Gasteiger partial charge in [-0.25, -0.2) is 9.59 Å². The molecule has 12 heteroatoms. The maximum atomic E-state index is 12.4. The molecule has 3 atom stereocenters. The summed E-state index contributed by atoms with van der Waals surface area (Å²) in [5.41, 5.74) is 1.50. The average Bonchev–Trinajstić information content (AvgIpc) is 2.89. The number of hydrogen-bond donors (Lipinski definition) is 6. The number of carbonyl (C=O) groups is 5. The minimum Gasteiger partial charge on any atom is -0.480 e.